The Labute approximate surface area is 91.5 Å². The maximum absolute atomic E-state index is 9.19. The number of aliphatic hydroxyl groups excluding tert-OH is 1. The van der Waals surface area contributed by atoms with E-state index in [0.717, 1.165) is 6.42 Å². The van der Waals surface area contributed by atoms with Gasteiger partial charge in [0.25, 0.3) is 6.48 Å². The Bertz CT molecular complexity index is 173. The molecule has 0 bridgehead atoms. The van der Waals surface area contributed by atoms with Gasteiger partial charge in [0, 0.05) is 0 Å². The average Bonchev–Trinajstić information content (AvgIpc) is 1.98. The van der Waals surface area contributed by atoms with E-state index in [1.54, 1.807) is 6.92 Å². The fourth-order valence-corrected chi connectivity index (χ4v) is 1.78. The fourth-order valence-electron chi connectivity index (χ4n) is 1.78. The fraction of sp³-hybridized carbons (Fsp3) is 1.00. The van der Waals surface area contributed by atoms with Crippen LogP contribution in [0.3, 0.4) is 0 Å². The van der Waals surface area contributed by atoms with Crippen molar-refractivity contribution in [2.24, 2.45) is 0 Å². The molecule has 0 amide bonds. The first-order chi connectivity index (χ1) is 6.97. The van der Waals surface area contributed by atoms with Crippen LogP contribution in [0.2, 0.25) is 0 Å². The molecule has 0 aromatic carbocycles. The molecule has 0 saturated carbocycles. The van der Waals surface area contributed by atoms with Crippen molar-refractivity contribution in [2.75, 3.05) is 0 Å². The van der Waals surface area contributed by atoms with Crippen LogP contribution in [0.4, 0.5) is 0 Å². The Kier molecular flexibility index (Phi) is 4.99. The minimum Gasteiger partial charge on any atom is -0.393 e. The van der Waals surface area contributed by atoms with Crippen molar-refractivity contribution in [3.63, 3.8) is 0 Å². The van der Waals surface area contributed by atoms with Gasteiger partial charge in [-0.1, -0.05) is 0 Å². The Morgan fingerprint density at radius 2 is 1.80 bits per heavy atom. The summed E-state index contributed by atoms with van der Waals surface area (Å²) in [5, 5.41) is 9.19. The molecule has 1 saturated heterocycles. The second-order valence-electron chi connectivity index (χ2n) is 4.45. The molecule has 4 heteroatoms. The molecule has 1 N–H and O–H groups in total. The second-order valence-corrected chi connectivity index (χ2v) is 4.45. The Balaban J connectivity index is 2.30. The highest BCUT2D eigenvalue weighted by Gasteiger charge is 2.27. The molecule has 15 heavy (non-hydrogen) atoms. The van der Waals surface area contributed by atoms with Gasteiger partial charge in [-0.2, -0.15) is 0 Å². The summed E-state index contributed by atoms with van der Waals surface area (Å²) in [6.45, 7) is 7.08. The van der Waals surface area contributed by atoms with Crippen LogP contribution in [0.5, 0.6) is 0 Å². The molecule has 1 aliphatic heterocycles. The summed E-state index contributed by atoms with van der Waals surface area (Å²) in [6, 6.07) is 0. The third-order valence-electron chi connectivity index (χ3n) is 2.37. The highest BCUT2D eigenvalue weighted by Crippen LogP contribution is 2.20. The van der Waals surface area contributed by atoms with Crippen LogP contribution >= 0.6 is 0 Å². The molecular weight excluding hydrogens is 196 g/mol. The summed E-state index contributed by atoms with van der Waals surface area (Å²) >= 11 is 0. The zero-order valence-electron chi connectivity index (χ0n) is 9.97. The number of hydrogen-bond donors (Lipinski definition) is 1. The molecule has 0 aromatic heterocycles. The number of hydrogen-bond acceptors (Lipinski definition) is 4. The number of aliphatic hydroxyl groups is 1. The van der Waals surface area contributed by atoms with Gasteiger partial charge in [-0.25, -0.2) is 0 Å². The number of rotatable bonds is 4. The van der Waals surface area contributed by atoms with Crippen molar-refractivity contribution < 1.29 is 19.3 Å². The van der Waals surface area contributed by atoms with Crippen LogP contribution in [0, 0.1) is 0 Å². The van der Waals surface area contributed by atoms with Crippen LogP contribution < -0.4 is 0 Å². The monoisotopic (exact) mass is 218 g/mol. The van der Waals surface area contributed by atoms with Crippen LogP contribution in [0.15, 0.2) is 0 Å². The largest absolute Gasteiger partial charge is 0.393 e. The van der Waals surface area contributed by atoms with Gasteiger partial charge in [0.2, 0.25) is 0 Å². The maximum atomic E-state index is 9.19. The predicted molar refractivity (Wildman–Crippen MR) is 56.3 cm³/mol. The second kappa shape index (κ2) is 5.80. The van der Waals surface area contributed by atoms with Crippen molar-refractivity contribution in [1.82, 2.24) is 0 Å². The molecular formula is C11H22O4. The quantitative estimate of drug-likeness (QED) is 0.779. The van der Waals surface area contributed by atoms with Gasteiger partial charge < -0.3 is 19.3 Å². The standard InChI is InChI=1S/C11H22O4/c1-7(12)5-8(2)13-11-14-9(3)6-10(4)15-11/h7-12H,5-6H2,1-4H3/t7-,8+,9+,10?,11?/m1/s1. The molecule has 90 valence electrons. The van der Waals surface area contributed by atoms with Gasteiger partial charge in [-0.15, -0.1) is 0 Å². The molecule has 1 rings (SSSR count). The minimum atomic E-state index is -0.586. The van der Waals surface area contributed by atoms with Crippen molar-refractivity contribution in [2.45, 2.75) is 71.4 Å². The zero-order valence-corrected chi connectivity index (χ0v) is 9.97. The van der Waals surface area contributed by atoms with Gasteiger partial charge >= 0.3 is 0 Å². The van der Waals surface area contributed by atoms with E-state index >= 15 is 0 Å². The SMILES string of the molecule is CC1C[C@H](C)OC(O[C@@H](C)C[C@@H](C)O)O1. The van der Waals surface area contributed by atoms with E-state index in [9.17, 15) is 5.11 Å². The predicted octanol–water partition coefficient (Wildman–Crippen LogP) is 1.66. The smallest absolute Gasteiger partial charge is 0.272 e. The molecule has 1 heterocycles. The lowest BCUT2D eigenvalue weighted by Gasteiger charge is -2.33. The van der Waals surface area contributed by atoms with E-state index < -0.39 is 6.48 Å². The first-order valence-corrected chi connectivity index (χ1v) is 5.61. The van der Waals surface area contributed by atoms with Gasteiger partial charge in [0.05, 0.1) is 24.4 Å². The van der Waals surface area contributed by atoms with E-state index in [0.29, 0.717) is 6.42 Å². The molecule has 1 fully saturated rings. The molecule has 5 atom stereocenters. The summed E-state index contributed by atoms with van der Waals surface area (Å²) in [4.78, 5) is 0. The summed E-state index contributed by atoms with van der Waals surface area (Å²) < 4.78 is 16.5. The molecule has 0 radical (unpaired) electrons. The van der Waals surface area contributed by atoms with Crippen LogP contribution in [-0.2, 0) is 14.2 Å². The van der Waals surface area contributed by atoms with E-state index in [1.165, 1.54) is 0 Å². The lowest BCUT2D eigenvalue weighted by atomic mass is 10.2. The van der Waals surface area contributed by atoms with Gasteiger partial charge in [-0.3, -0.25) is 0 Å². The normalized spacial score (nSPS) is 36.2. The van der Waals surface area contributed by atoms with E-state index in [1.807, 2.05) is 20.8 Å². The molecule has 1 aliphatic rings. The van der Waals surface area contributed by atoms with E-state index in [4.69, 9.17) is 14.2 Å². The van der Waals surface area contributed by atoms with Gasteiger partial charge in [0.1, 0.15) is 0 Å². The number of ether oxygens (including phenoxy) is 3. The van der Waals surface area contributed by atoms with Gasteiger partial charge in [-0.05, 0) is 40.5 Å². The summed E-state index contributed by atoms with van der Waals surface area (Å²) in [5.74, 6) is 0. The third kappa shape index (κ3) is 4.93. The van der Waals surface area contributed by atoms with Crippen molar-refractivity contribution in [1.29, 1.82) is 0 Å². The highest BCUT2D eigenvalue weighted by atomic mass is 16.9. The average molecular weight is 218 g/mol. The summed E-state index contributed by atoms with van der Waals surface area (Å²) in [7, 11) is 0. The van der Waals surface area contributed by atoms with Gasteiger partial charge in [0.15, 0.2) is 0 Å². The molecule has 4 nitrogen and oxygen atoms in total. The summed E-state index contributed by atoms with van der Waals surface area (Å²) in [6.07, 6.45) is 1.39. The van der Waals surface area contributed by atoms with Crippen molar-refractivity contribution >= 4 is 0 Å². The lowest BCUT2D eigenvalue weighted by molar-refractivity contribution is -0.356. The van der Waals surface area contributed by atoms with Crippen molar-refractivity contribution in [3.05, 3.63) is 0 Å². The van der Waals surface area contributed by atoms with Crippen molar-refractivity contribution in [3.8, 4) is 0 Å². The zero-order chi connectivity index (χ0) is 11.4. The Morgan fingerprint density at radius 1 is 1.27 bits per heavy atom. The molecule has 2 unspecified atom stereocenters. The van der Waals surface area contributed by atoms with Crippen LogP contribution in [0.25, 0.3) is 0 Å². The van der Waals surface area contributed by atoms with Crippen LogP contribution in [-0.4, -0.2) is 36.0 Å². The first-order valence-electron chi connectivity index (χ1n) is 5.61. The Hall–Kier alpha value is -0.160. The first kappa shape index (κ1) is 12.9. The van der Waals surface area contributed by atoms with E-state index in [2.05, 4.69) is 0 Å². The third-order valence-corrected chi connectivity index (χ3v) is 2.37. The Morgan fingerprint density at radius 3 is 2.27 bits per heavy atom. The molecule has 0 spiro atoms. The van der Waals surface area contributed by atoms with Crippen LogP contribution in [0.1, 0.15) is 40.5 Å². The molecule has 0 aromatic rings. The highest BCUT2D eigenvalue weighted by molar-refractivity contribution is 4.63. The minimum absolute atomic E-state index is 0.0625. The summed E-state index contributed by atoms with van der Waals surface area (Å²) in [5.41, 5.74) is 0. The molecule has 0 aliphatic carbocycles. The topological polar surface area (TPSA) is 47.9 Å². The lowest BCUT2D eigenvalue weighted by Crippen LogP contribution is -2.39. The maximum Gasteiger partial charge on any atom is 0.272 e. The van der Waals surface area contributed by atoms with E-state index in [-0.39, 0.29) is 24.4 Å².